The number of nitrogens with one attached hydrogen (secondary N) is 1. The number of thiazole rings is 1. The number of rotatable bonds is 8. The summed E-state index contributed by atoms with van der Waals surface area (Å²) in [5.74, 6) is -0.601. The Morgan fingerprint density at radius 3 is 2.55 bits per heavy atom. The van der Waals surface area contributed by atoms with Gasteiger partial charge in [-0.2, -0.15) is 0 Å². The molecular formula is C20H17Cl2N3O4S2. The van der Waals surface area contributed by atoms with E-state index in [0.717, 1.165) is 11.3 Å². The van der Waals surface area contributed by atoms with Crippen LogP contribution < -0.4 is 11.1 Å². The van der Waals surface area contributed by atoms with Crippen LogP contribution in [0.15, 0.2) is 47.4 Å². The van der Waals surface area contributed by atoms with Crippen LogP contribution in [0, 0.1) is 0 Å². The first kappa shape index (κ1) is 23.2. The van der Waals surface area contributed by atoms with Crippen LogP contribution in [0.2, 0.25) is 10.0 Å². The van der Waals surface area contributed by atoms with Gasteiger partial charge in [-0.15, -0.1) is 0 Å². The van der Waals surface area contributed by atoms with E-state index in [9.17, 15) is 13.8 Å². The van der Waals surface area contributed by atoms with Gasteiger partial charge in [0.1, 0.15) is 17.3 Å². The van der Waals surface area contributed by atoms with E-state index in [1.165, 1.54) is 6.92 Å². The zero-order valence-corrected chi connectivity index (χ0v) is 19.3. The Morgan fingerprint density at radius 1 is 1.19 bits per heavy atom. The van der Waals surface area contributed by atoms with E-state index in [2.05, 4.69) is 10.3 Å². The van der Waals surface area contributed by atoms with Crippen molar-refractivity contribution in [3.63, 3.8) is 0 Å². The van der Waals surface area contributed by atoms with E-state index < -0.39 is 22.6 Å². The summed E-state index contributed by atoms with van der Waals surface area (Å²) in [5.41, 5.74) is 6.73. The zero-order valence-electron chi connectivity index (χ0n) is 16.2. The lowest BCUT2D eigenvalue weighted by atomic mass is 10.1. The number of carbonyl (C=O) groups excluding carboxylic acids is 2. The number of carbonyl (C=O) groups is 2. The van der Waals surface area contributed by atoms with Gasteiger partial charge < -0.3 is 15.8 Å². The third-order valence-electron chi connectivity index (χ3n) is 3.97. The van der Waals surface area contributed by atoms with Crippen LogP contribution in [0.5, 0.6) is 0 Å². The maximum absolute atomic E-state index is 12.9. The number of nitrogen functional groups attached to an aromatic ring is 1. The highest BCUT2D eigenvalue weighted by atomic mass is 35.5. The summed E-state index contributed by atoms with van der Waals surface area (Å²) in [4.78, 5) is 28.7. The molecule has 2 aromatic carbocycles. The lowest BCUT2D eigenvalue weighted by Gasteiger charge is -2.06. The third-order valence-corrected chi connectivity index (χ3v) is 6.90. The van der Waals surface area contributed by atoms with Crippen molar-refractivity contribution >= 4 is 73.7 Å². The molecule has 3 rings (SSSR count). The third kappa shape index (κ3) is 5.82. The summed E-state index contributed by atoms with van der Waals surface area (Å²) >= 11 is 13.3. The van der Waals surface area contributed by atoms with E-state index in [0.29, 0.717) is 15.7 Å². The Morgan fingerprint density at radius 2 is 1.87 bits per heavy atom. The molecule has 11 heteroatoms. The molecule has 0 radical (unpaired) electrons. The second-order valence-electron chi connectivity index (χ2n) is 6.20. The molecule has 0 saturated heterocycles. The summed E-state index contributed by atoms with van der Waals surface area (Å²) in [6, 6.07) is 11.7. The van der Waals surface area contributed by atoms with E-state index >= 15 is 0 Å². The number of esters is 1. The maximum atomic E-state index is 12.9. The van der Waals surface area contributed by atoms with Crippen molar-refractivity contribution < 1.29 is 18.5 Å². The number of anilines is 3. The number of ether oxygens (including phenoxy) is 1. The largest absolute Gasteiger partial charge is 0.465 e. The smallest absolute Gasteiger partial charge is 0.302 e. The van der Waals surface area contributed by atoms with Crippen LogP contribution in [-0.4, -0.2) is 33.3 Å². The van der Waals surface area contributed by atoms with Crippen molar-refractivity contribution in [1.29, 1.82) is 0 Å². The Bertz CT molecular complexity index is 1150. The summed E-state index contributed by atoms with van der Waals surface area (Å²) in [5, 5.41) is 3.89. The summed E-state index contributed by atoms with van der Waals surface area (Å²) < 4.78 is 17.2. The predicted molar refractivity (Wildman–Crippen MR) is 124 cm³/mol. The molecule has 3 N–H and O–H groups in total. The van der Waals surface area contributed by atoms with Gasteiger partial charge in [-0.1, -0.05) is 46.7 Å². The molecule has 0 spiro atoms. The van der Waals surface area contributed by atoms with Gasteiger partial charge >= 0.3 is 5.97 Å². The minimum absolute atomic E-state index is 0.0506. The van der Waals surface area contributed by atoms with Gasteiger partial charge in [0.15, 0.2) is 5.13 Å². The molecule has 0 aliphatic heterocycles. The number of aromatic nitrogens is 1. The minimum atomic E-state index is -1.35. The molecule has 0 fully saturated rings. The van der Waals surface area contributed by atoms with Crippen LogP contribution in [-0.2, 0) is 20.3 Å². The summed E-state index contributed by atoms with van der Waals surface area (Å²) in [6.07, 6.45) is 0. The van der Waals surface area contributed by atoms with E-state index in [4.69, 9.17) is 33.7 Å². The first-order valence-electron chi connectivity index (χ1n) is 8.90. The Hall–Kier alpha value is -2.46. The topological polar surface area (TPSA) is 111 Å². The lowest BCUT2D eigenvalue weighted by molar-refractivity contribution is -0.140. The minimum Gasteiger partial charge on any atom is -0.465 e. The first-order chi connectivity index (χ1) is 14.8. The van der Waals surface area contributed by atoms with Gasteiger partial charge in [0.2, 0.25) is 5.78 Å². The number of hydrogen-bond donors (Lipinski definition) is 2. The molecule has 162 valence electrons. The Labute approximate surface area is 195 Å². The highest BCUT2D eigenvalue weighted by Crippen LogP contribution is 2.34. The van der Waals surface area contributed by atoms with Crippen molar-refractivity contribution in [3.8, 4) is 0 Å². The standard InChI is InChI=1S/C20H17Cl2N3O4S2/c1-11(26)29-8-9-31(28)13-5-2-4-12(10-13)24-20-25-19(23)18(30-20)17(27)16-14(21)6-3-7-15(16)22/h2-7,10H,8-9,23H2,1H3,(H,24,25). The Kier molecular flexibility index (Phi) is 7.66. The fraction of sp³-hybridized carbons (Fsp3) is 0.150. The molecule has 7 nitrogen and oxygen atoms in total. The van der Waals surface area contributed by atoms with Gasteiger partial charge in [0.25, 0.3) is 0 Å². The fourth-order valence-corrected chi connectivity index (χ4v) is 4.97. The molecule has 1 heterocycles. The molecule has 0 bridgehead atoms. The van der Waals surface area contributed by atoms with Crippen LogP contribution in [0.1, 0.15) is 22.2 Å². The van der Waals surface area contributed by atoms with Crippen LogP contribution in [0.25, 0.3) is 0 Å². The second-order valence-corrected chi connectivity index (χ2v) is 9.59. The first-order valence-corrected chi connectivity index (χ1v) is 11.8. The zero-order chi connectivity index (χ0) is 22.5. The second kappa shape index (κ2) is 10.2. The molecule has 0 aliphatic rings. The molecule has 0 amide bonds. The molecule has 1 aromatic heterocycles. The molecule has 1 unspecified atom stereocenters. The van der Waals surface area contributed by atoms with Gasteiger partial charge in [-0.05, 0) is 30.3 Å². The van der Waals surface area contributed by atoms with Gasteiger partial charge in [0, 0.05) is 17.5 Å². The molecular weight excluding hydrogens is 481 g/mol. The van der Waals surface area contributed by atoms with Crippen molar-refractivity contribution in [2.75, 3.05) is 23.4 Å². The number of nitrogens with two attached hydrogens (primary N) is 1. The van der Waals surface area contributed by atoms with E-state index in [1.807, 2.05) is 0 Å². The van der Waals surface area contributed by atoms with Crippen LogP contribution in [0.4, 0.5) is 16.6 Å². The van der Waals surface area contributed by atoms with Gasteiger partial charge in [-0.3, -0.25) is 13.8 Å². The van der Waals surface area contributed by atoms with Crippen LogP contribution >= 0.6 is 34.5 Å². The monoisotopic (exact) mass is 497 g/mol. The molecule has 0 saturated carbocycles. The SMILES string of the molecule is CC(=O)OCCS(=O)c1cccc(Nc2nc(N)c(C(=O)c3c(Cl)cccc3Cl)s2)c1. The summed E-state index contributed by atoms with van der Waals surface area (Å²) in [7, 11) is -1.35. The summed E-state index contributed by atoms with van der Waals surface area (Å²) in [6.45, 7) is 1.37. The Balaban J connectivity index is 1.77. The maximum Gasteiger partial charge on any atom is 0.302 e. The van der Waals surface area contributed by atoms with Crippen molar-refractivity contribution in [2.45, 2.75) is 11.8 Å². The average Bonchev–Trinajstić information content (AvgIpc) is 3.07. The van der Waals surface area contributed by atoms with Crippen molar-refractivity contribution in [1.82, 2.24) is 4.98 Å². The molecule has 1 atom stereocenters. The molecule has 31 heavy (non-hydrogen) atoms. The van der Waals surface area contributed by atoms with Gasteiger partial charge in [0.05, 0.1) is 32.2 Å². The number of halogens is 2. The normalized spacial score (nSPS) is 11.7. The predicted octanol–water partition coefficient (Wildman–Crippen LogP) is 4.68. The van der Waals surface area contributed by atoms with Crippen molar-refractivity contribution in [2.24, 2.45) is 0 Å². The lowest BCUT2D eigenvalue weighted by Crippen LogP contribution is -2.09. The van der Waals surface area contributed by atoms with Crippen molar-refractivity contribution in [3.05, 3.63) is 63.0 Å². The fourth-order valence-electron chi connectivity index (χ4n) is 2.59. The average molecular weight is 498 g/mol. The van der Waals surface area contributed by atoms with Gasteiger partial charge in [-0.25, -0.2) is 4.98 Å². The highest BCUT2D eigenvalue weighted by Gasteiger charge is 2.22. The van der Waals surface area contributed by atoms with E-state index in [-0.39, 0.29) is 38.7 Å². The highest BCUT2D eigenvalue weighted by molar-refractivity contribution is 7.85. The molecule has 3 aromatic rings. The number of ketones is 1. The van der Waals surface area contributed by atoms with E-state index in [1.54, 1.807) is 42.5 Å². The number of nitrogens with zero attached hydrogens (tertiary/aromatic N) is 1. The number of hydrogen-bond acceptors (Lipinski definition) is 8. The molecule has 0 aliphatic carbocycles. The number of benzene rings is 2. The van der Waals surface area contributed by atoms with Crippen LogP contribution in [0.3, 0.4) is 0 Å². The quantitative estimate of drug-likeness (QED) is 0.343.